The van der Waals surface area contributed by atoms with Crippen molar-refractivity contribution in [1.82, 2.24) is 9.21 Å². The van der Waals surface area contributed by atoms with Crippen LogP contribution < -0.4 is 10.6 Å². The van der Waals surface area contributed by atoms with Crippen molar-refractivity contribution in [1.29, 1.82) is 0 Å². The van der Waals surface area contributed by atoms with E-state index in [1.165, 1.54) is 16.4 Å². The molecule has 0 aromatic heterocycles. The number of primary amides is 1. The molecular weight excluding hydrogens is 420 g/mol. The van der Waals surface area contributed by atoms with Crippen LogP contribution in [0.25, 0.3) is 0 Å². The number of nitrogens with two attached hydrogens (primary N) is 1. The molecule has 10 heteroatoms. The van der Waals surface area contributed by atoms with E-state index in [0.717, 1.165) is 12.8 Å². The van der Waals surface area contributed by atoms with E-state index in [9.17, 15) is 22.8 Å². The molecule has 1 aromatic rings. The number of hydrogen-bond acceptors (Lipinski definition) is 5. The van der Waals surface area contributed by atoms with Gasteiger partial charge in [-0.05, 0) is 49.9 Å². The number of nitrogens with zero attached hydrogens (tertiary/aromatic N) is 3. The molecule has 0 spiro atoms. The summed E-state index contributed by atoms with van der Waals surface area (Å²) in [5.74, 6) is -1.19. The van der Waals surface area contributed by atoms with E-state index < -0.39 is 15.9 Å². The lowest BCUT2D eigenvalue weighted by Gasteiger charge is -2.32. The quantitative estimate of drug-likeness (QED) is 0.705. The number of rotatable bonds is 5. The molecular formula is C21H28N4O5S. The third kappa shape index (κ3) is 4.31. The monoisotopic (exact) mass is 448 g/mol. The summed E-state index contributed by atoms with van der Waals surface area (Å²) in [6.45, 7) is 2.29. The van der Waals surface area contributed by atoms with Crippen LogP contribution in [-0.2, 0) is 24.4 Å². The van der Waals surface area contributed by atoms with Crippen LogP contribution in [0, 0.1) is 11.8 Å². The summed E-state index contributed by atoms with van der Waals surface area (Å²) >= 11 is 0. The lowest BCUT2D eigenvalue weighted by atomic mass is 9.95. The van der Waals surface area contributed by atoms with Gasteiger partial charge in [-0.25, -0.2) is 8.42 Å². The second-order valence-electron chi connectivity index (χ2n) is 8.51. The van der Waals surface area contributed by atoms with Crippen LogP contribution in [0.5, 0.6) is 0 Å². The molecule has 0 saturated carbocycles. The first-order valence-corrected chi connectivity index (χ1v) is 12.2. The zero-order valence-electron chi connectivity index (χ0n) is 17.4. The lowest BCUT2D eigenvalue weighted by Crippen LogP contribution is -2.44. The van der Waals surface area contributed by atoms with Crippen molar-refractivity contribution in [2.24, 2.45) is 17.6 Å². The summed E-state index contributed by atoms with van der Waals surface area (Å²) in [4.78, 5) is 40.2. The minimum absolute atomic E-state index is 0.0769. The smallest absolute Gasteiger partial charge is 0.243 e. The maximum atomic E-state index is 12.9. The molecule has 31 heavy (non-hydrogen) atoms. The molecule has 3 fully saturated rings. The molecule has 0 bridgehead atoms. The number of sulfonamides is 1. The fraction of sp³-hybridized carbons (Fsp3) is 0.571. The fourth-order valence-corrected chi connectivity index (χ4v) is 6.16. The van der Waals surface area contributed by atoms with Gasteiger partial charge in [-0.15, -0.1) is 0 Å². The van der Waals surface area contributed by atoms with E-state index in [0.29, 0.717) is 44.7 Å². The lowest BCUT2D eigenvalue weighted by molar-refractivity contribution is -0.138. The minimum atomic E-state index is -3.51. The average Bonchev–Trinajstić information content (AvgIpc) is 3.44. The van der Waals surface area contributed by atoms with Gasteiger partial charge in [-0.2, -0.15) is 4.31 Å². The standard InChI is InChI=1S/C21H28N4O5S/c22-20(27)15-7-11-23(12-8-15)21(28)16-13-19(26)25(14-16)17-3-5-18(6-4-17)31(29,30)24-9-1-2-10-24/h3-6,15-16H,1-2,7-14H2,(H2,22,27)/t16-/m0/s1. The van der Waals surface area contributed by atoms with Crippen LogP contribution in [0.3, 0.4) is 0 Å². The summed E-state index contributed by atoms with van der Waals surface area (Å²) < 4.78 is 26.8. The summed E-state index contributed by atoms with van der Waals surface area (Å²) in [5, 5.41) is 0. The number of carbonyl (C=O) groups is 3. The Bertz CT molecular complexity index is 964. The largest absolute Gasteiger partial charge is 0.369 e. The normalized spacial score (nSPS) is 23.5. The van der Waals surface area contributed by atoms with Crippen LogP contribution in [-0.4, -0.2) is 68.1 Å². The maximum Gasteiger partial charge on any atom is 0.243 e. The van der Waals surface area contributed by atoms with Gasteiger partial charge in [0.1, 0.15) is 0 Å². The highest BCUT2D eigenvalue weighted by atomic mass is 32.2. The molecule has 3 amide bonds. The number of amides is 3. The van der Waals surface area contributed by atoms with Crippen molar-refractivity contribution >= 4 is 33.4 Å². The van der Waals surface area contributed by atoms with Crippen molar-refractivity contribution in [2.45, 2.75) is 37.0 Å². The molecule has 9 nitrogen and oxygen atoms in total. The van der Waals surface area contributed by atoms with E-state index in [-0.39, 0.29) is 41.5 Å². The van der Waals surface area contributed by atoms with E-state index in [4.69, 9.17) is 5.73 Å². The van der Waals surface area contributed by atoms with E-state index in [2.05, 4.69) is 0 Å². The number of anilines is 1. The van der Waals surface area contributed by atoms with Crippen molar-refractivity contribution in [2.75, 3.05) is 37.6 Å². The molecule has 3 heterocycles. The Morgan fingerprint density at radius 1 is 0.935 bits per heavy atom. The van der Waals surface area contributed by atoms with Crippen LogP contribution in [0.2, 0.25) is 0 Å². The highest BCUT2D eigenvalue weighted by molar-refractivity contribution is 7.89. The van der Waals surface area contributed by atoms with Crippen molar-refractivity contribution in [3.63, 3.8) is 0 Å². The Hall–Kier alpha value is -2.46. The molecule has 3 saturated heterocycles. The number of benzene rings is 1. The molecule has 1 atom stereocenters. The first-order valence-electron chi connectivity index (χ1n) is 10.8. The van der Waals surface area contributed by atoms with Crippen LogP contribution in [0.1, 0.15) is 32.1 Å². The second kappa shape index (κ2) is 8.58. The highest BCUT2D eigenvalue weighted by Gasteiger charge is 2.38. The van der Waals surface area contributed by atoms with Gasteiger partial charge in [0.15, 0.2) is 0 Å². The van der Waals surface area contributed by atoms with Gasteiger partial charge in [0.2, 0.25) is 27.7 Å². The summed E-state index contributed by atoms with van der Waals surface area (Å²) in [6.07, 6.45) is 2.98. The molecule has 0 radical (unpaired) electrons. The van der Waals surface area contributed by atoms with Crippen molar-refractivity contribution in [3.05, 3.63) is 24.3 Å². The molecule has 3 aliphatic rings. The molecule has 1 aromatic carbocycles. The zero-order chi connectivity index (χ0) is 22.2. The number of likely N-dealkylation sites (tertiary alicyclic amines) is 1. The Kier molecular flexibility index (Phi) is 6.02. The van der Waals surface area contributed by atoms with Crippen LogP contribution in [0.15, 0.2) is 29.2 Å². The summed E-state index contributed by atoms with van der Waals surface area (Å²) in [5.41, 5.74) is 5.94. The third-order valence-electron chi connectivity index (χ3n) is 6.53. The molecule has 0 unspecified atom stereocenters. The summed E-state index contributed by atoms with van der Waals surface area (Å²) in [7, 11) is -3.51. The zero-order valence-corrected chi connectivity index (χ0v) is 18.2. The first kappa shape index (κ1) is 21.8. The predicted molar refractivity (Wildman–Crippen MR) is 113 cm³/mol. The summed E-state index contributed by atoms with van der Waals surface area (Å²) in [6, 6.07) is 6.32. The number of piperidine rings is 1. The molecule has 0 aliphatic carbocycles. The average molecular weight is 449 g/mol. The molecule has 3 aliphatic heterocycles. The maximum absolute atomic E-state index is 12.9. The fourth-order valence-electron chi connectivity index (χ4n) is 4.64. The van der Waals surface area contributed by atoms with Gasteiger partial charge in [0, 0.05) is 50.7 Å². The van der Waals surface area contributed by atoms with Crippen molar-refractivity contribution < 1.29 is 22.8 Å². The Balaban J connectivity index is 1.40. The Labute approximate surface area is 182 Å². The van der Waals surface area contributed by atoms with Gasteiger partial charge in [-0.3, -0.25) is 14.4 Å². The number of hydrogen-bond donors (Lipinski definition) is 1. The second-order valence-corrected chi connectivity index (χ2v) is 10.5. The van der Waals surface area contributed by atoms with Crippen LogP contribution >= 0.6 is 0 Å². The predicted octanol–water partition coefficient (Wildman–Crippen LogP) is 0.548. The Morgan fingerprint density at radius 2 is 1.55 bits per heavy atom. The SMILES string of the molecule is NC(=O)C1CCN(C(=O)[C@H]2CC(=O)N(c3ccc(S(=O)(=O)N4CCCC4)cc3)C2)CC1. The van der Waals surface area contributed by atoms with E-state index in [1.54, 1.807) is 21.9 Å². The van der Waals surface area contributed by atoms with Gasteiger partial charge in [0.05, 0.1) is 10.8 Å². The Morgan fingerprint density at radius 3 is 2.13 bits per heavy atom. The van der Waals surface area contributed by atoms with Gasteiger partial charge < -0.3 is 15.5 Å². The number of carbonyl (C=O) groups excluding carboxylic acids is 3. The van der Waals surface area contributed by atoms with Crippen LogP contribution in [0.4, 0.5) is 5.69 Å². The van der Waals surface area contributed by atoms with E-state index >= 15 is 0 Å². The van der Waals surface area contributed by atoms with E-state index in [1.807, 2.05) is 0 Å². The molecule has 4 rings (SSSR count). The minimum Gasteiger partial charge on any atom is -0.369 e. The first-order chi connectivity index (χ1) is 14.8. The third-order valence-corrected chi connectivity index (χ3v) is 8.45. The van der Waals surface area contributed by atoms with Gasteiger partial charge in [0.25, 0.3) is 0 Å². The molecule has 168 valence electrons. The highest BCUT2D eigenvalue weighted by Crippen LogP contribution is 2.29. The van der Waals surface area contributed by atoms with Gasteiger partial charge >= 0.3 is 0 Å². The van der Waals surface area contributed by atoms with Crippen molar-refractivity contribution in [3.8, 4) is 0 Å². The van der Waals surface area contributed by atoms with Gasteiger partial charge in [-0.1, -0.05) is 0 Å². The topological polar surface area (TPSA) is 121 Å². The molecule has 2 N–H and O–H groups in total.